The van der Waals surface area contributed by atoms with Crippen LogP contribution in [-0.4, -0.2) is 16.0 Å². The Morgan fingerprint density at radius 1 is 1.16 bits per heavy atom. The highest BCUT2D eigenvalue weighted by molar-refractivity contribution is 5.84. The van der Waals surface area contributed by atoms with Gasteiger partial charge in [0.2, 0.25) is 5.76 Å². The first-order chi connectivity index (χ1) is 9.06. The Morgan fingerprint density at radius 3 is 2.37 bits per heavy atom. The molecule has 0 unspecified atom stereocenters. The Balaban J connectivity index is 2.13. The van der Waals surface area contributed by atoms with Gasteiger partial charge in [-0.3, -0.25) is 10.1 Å². The fourth-order valence-corrected chi connectivity index (χ4v) is 1.44. The summed E-state index contributed by atoms with van der Waals surface area (Å²) in [5.41, 5.74) is 0.766. The third-order valence-corrected chi connectivity index (χ3v) is 2.38. The van der Waals surface area contributed by atoms with E-state index in [9.17, 15) is 14.9 Å². The van der Waals surface area contributed by atoms with Crippen LogP contribution in [0, 0.1) is 10.1 Å². The van der Waals surface area contributed by atoms with Crippen molar-refractivity contribution in [2.75, 3.05) is 0 Å². The van der Waals surface area contributed by atoms with E-state index in [1.807, 2.05) is 0 Å². The van der Waals surface area contributed by atoms with Crippen molar-refractivity contribution in [1.29, 1.82) is 0 Å². The van der Waals surface area contributed by atoms with E-state index in [0.717, 1.165) is 5.56 Å². The second-order valence-electron chi connectivity index (χ2n) is 3.69. The van der Waals surface area contributed by atoms with E-state index in [4.69, 9.17) is 9.52 Å². The normalized spacial score (nSPS) is 10.7. The van der Waals surface area contributed by atoms with Crippen molar-refractivity contribution in [2.45, 2.75) is 0 Å². The molecule has 0 spiro atoms. The fourth-order valence-electron chi connectivity index (χ4n) is 1.44. The standard InChI is InChI=1S/C13H9NO5/c15-13(16)12-8-7-11(19-12)6-3-9-1-4-10(5-2-9)14(17)18/h1-8H,(H,15,16). The maximum absolute atomic E-state index is 10.6. The average Bonchev–Trinajstić information content (AvgIpc) is 2.86. The second kappa shape index (κ2) is 5.18. The van der Waals surface area contributed by atoms with Crippen molar-refractivity contribution < 1.29 is 19.2 Å². The van der Waals surface area contributed by atoms with Crippen LogP contribution in [0.1, 0.15) is 21.9 Å². The Bertz CT molecular complexity index is 639. The molecule has 0 atom stereocenters. The molecule has 19 heavy (non-hydrogen) atoms. The smallest absolute Gasteiger partial charge is 0.371 e. The summed E-state index contributed by atoms with van der Waals surface area (Å²) >= 11 is 0. The number of nitrogens with zero attached hydrogens (tertiary/aromatic N) is 1. The minimum Gasteiger partial charge on any atom is -0.475 e. The van der Waals surface area contributed by atoms with E-state index >= 15 is 0 Å². The number of non-ortho nitro benzene ring substituents is 1. The molecule has 0 saturated carbocycles. The van der Waals surface area contributed by atoms with Gasteiger partial charge in [0.1, 0.15) is 5.76 Å². The lowest BCUT2D eigenvalue weighted by molar-refractivity contribution is -0.384. The van der Waals surface area contributed by atoms with Crippen LogP contribution < -0.4 is 0 Å². The number of furan rings is 1. The number of nitro benzene ring substituents is 1. The molecule has 2 aromatic rings. The number of aromatic carboxylic acids is 1. The first kappa shape index (κ1) is 12.6. The molecule has 0 saturated heterocycles. The molecular weight excluding hydrogens is 250 g/mol. The van der Waals surface area contributed by atoms with Crippen LogP contribution in [0.3, 0.4) is 0 Å². The molecule has 96 valence electrons. The molecule has 1 aromatic carbocycles. The highest BCUT2D eigenvalue weighted by Gasteiger charge is 2.07. The van der Waals surface area contributed by atoms with Gasteiger partial charge in [-0.15, -0.1) is 0 Å². The van der Waals surface area contributed by atoms with Crippen LogP contribution in [-0.2, 0) is 0 Å². The van der Waals surface area contributed by atoms with Gasteiger partial charge in [-0.2, -0.15) is 0 Å². The third-order valence-electron chi connectivity index (χ3n) is 2.38. The quantitative estimate of drug-likeness (QED) is 0.672. The van der Waals surface area contributed by atoms with E-state index in [0.29, 0.717) is 5.76 Å². The minimum atomic E-state index is -1.13. The zero-order valence-corrected chi connectivity index (χ0v) is 9.65. The highest BCUT2D eigenvalue weighted by Crippen LogP contribution is 2.15. The van der Waals surface area contributed by atoms with E-state index < -0.39 is 10.9 Å². The summed E-state index contributed by atoms with van der Waals surface area (Å²) in [6, 6.07) is 8.86. The van der Waals surface area contributed by atoms with Crippen molar-refractivity contribution in [3.05, 3.63) is 63.6 Å². The van der Waals surface area contributed by atoms with Crippen LogP contribution in [0.5, 0.6) is 0 Å². The molecule has 6 heteroatoms. The third kappa shape index (κ3) is 3.06. The molecule has 1 heterocycles. The molecule has 0 amide bonds. The van der Waals surface area contributed by atoms with Gasteiger partial charge >= 0.3 is 5.97 Å². The summed E-state index contributed by atoms with van der Waals surface area (Å²) in [7, 11) is 0. The van der Waals surface area contributed by atoms with Gasteiger partial charge in [-0.1, -0.05) is 6.08 Å². The molecule has 2 rings (SSSR count). The van der Waals surface area contributed by atoms with Gasteiger partial charge in [-0.05, 0) is 35.9 Å². The molecule has 0 aliphatic rings. The van der Waals surface area contributed by atoms with Gasteiger partial charge in [0, 0.05) is 12.1 Å². The predicted molar refractivity (Wildman–Crippen MR) is 67.7 cm³/mol. The zero-order valence-electron chi connectivity index (χ0n) is 9.65. The fraction of sp³-hybridized carbons (Fsp3) is 0. The number of benzene rings is 1. The largest absolute Gasteiger partial charge is 0.475 e. The summed E-state index contributed by atoms with van der Waals surface area (Å²) in [6.45, 7) is 0. The van der Waals surface area contributed by atoms with Gasteiger partial charge in [0.25, 0.3) is 5.69 Å². The number of carbonyl (C=O) groups is 1. The van der Waals surface area contributed by atoms with Crippen molar-refractivity contribution in [3.63, 3.8) is 0 Å². The highest BCUT2D eigenvalue weighted by atomic mass is 16.6. The molecular formula is C13H9NO5. The average molecular weight is 259 g/mol. The predicted octanol–water partition coefficient (Wildman–Crippen LogP) is 3.06. The van der Waals surface area contributed by atoms with Gasteiger partial charge in [-0.25, -0.2) is 4.79 Å². The summed E-state index contributed by atoms with van der Waals surface area (Å²) in [5, 5.41) is 19.2. The van der Waals surface area contributed by atoms with E-state index in [2.05, 4.69) is 0 Å². The maximum Gasteiger partial charge on any atom is 0.371 e. The number of hydrogen-bond donors (Lipinski definition) is 1. The minimum absolute atomic E-state index is 0.0170. The van der Waals surface area contributed by atoms with Crippen molar-refractivity contribution >= 4 is 23.8 Å². The maximum atomic E-state index is 10.6. The molecule has 1 N–H and O–H groups in total. The van der Waals surface area contributed by atoms with Crippen LogP contribution in [0.15, 0.2) is 40.8 Å². The molecule has 0 bridgehead atoms. The lowest BCUT2D eigenvalue weighted by Gasteiger charge is -1.93. The summed E-state index contributed by atoms with van der Waals surface area (Å²) in [5.74, 6) is -0.867. The van der Waals surface area contributed by atoms with Gasteiger partial charge in [0.05, 0.1) is 4.92 Å². The molecule has 0 aliphatic heterocycles. The number of nitro groups is 1. The lowest BCUT2D eigenvalue weighted by Crippen LogP contribution is -1.91. The number of carboxylic acids is 1. The van der Waals surface area contributed by atoms with Crippen LogP contribution in [0.2, 0.25) is 0 Å². The summed E-state index contributed by atoms with van der Waals surface area (Å²) < 4.78 is 5.03. The van der Waals surface area contributed by atoms with Crippen molar-refractivity contribution in [1.82, 2.24) is 0 Å². The summed E-state index contributed by atoms with van der Waals surface area (Å²) in [4.78, 5) is 20.6. The molecule has 1 aromatic heterocycles. The number of rotatable bonds is 4. The Hall–Kier alpha value is -2.89. The molecule has 6 nitrogen and oxygen atoms in total. The van der Waals surface area contributed by atoms with Gasteiger partial charge in [0.15, 0.2) is 0 Å². The van der Waals surface area contributed by atoms with E-state index in [-0.39, 0.29) is 11.4 Å². The van der Waals surface area contributed by atoms with Crippen LogP contribution in [0.25, 0.3) is 12.2 Å². The first-order valence-electron chi connectivity index (χ1n) is 5.32. The SMILES string of the molecule is O=C(O)c1ccc(C=Cc2ccc([N+](=O)[O-])cc2)o1. The Morgan fingerprint density at radius 2 is 1.84 bits per heavy atom. The molecule has 0 radical (unpaired) electrons. The van der Waals surface area contributed by atoms with Crippen molar-refractivity contribution in [2.24, 2.45) is 0 Å². The molecule has 0 aliphatic carbocycles. The van der Waals surface area contributed by atoms with Gasteiger partial charge < -0.3 is 9.52 Å². The Labute approximate surface area is 107 Å². The summed E-state index contributed by atoms with van der Waals surface area (Å²) in [6.07, 6.45) is 3.27. The monoisotopic (exact) mass is 259 g/mol. The van der Waals surface area contributed by atoms with Crippen LogP contribution >= 0.6 is 0 Å². The number of carboxylic acid groups (broad SMARTS) is 1. The zero-order chi connectivity index (χ0) is 13.8. The van der Waals surface area contributed by atoms with E-state index in [1.165, 1.54) is 24.3 Å². The van der Waals surface area contributed by atoms with E-state index in [1.54, 1.807) is 24.3 Å². The first-order valence-corrected chi connectivity index (χ1v) is 5.32. The van der Waals surface area contributed by atoms with Crippen molar-refractivity contribution in [3.8, 4) is 0 Å². The molecule has 0 fully saturated rings. The lowest BCUT2D eigenvalue weighted by atomic mass is 10.2. The number of hydrogen-bond acceptors (Lipinski definition) is 4. The van der Waals surface area contributed by atoms with Crippen LogP contribution in [0.4, 0.5) is 5.69 Å². The topological polar surface area (TPSA) is 93.6 Å². The second-order valence-corrected chi connectivity index (χ2v) is 3.69. The Kier molecular flexibility index (Phi) is 3.42.